The monoisotopic (exact) mass is 787 g/mol. The number of H-pyrrole nitrogens is 2. The standard InChI is InChI=1S/C49H53N7O3/c1-5-22-55(49(59)45(31-10-8-7-9-11-31)54-48(58)32-12-13-32)27-42-50-39-20-16-35-25-33(14-18-37(35)46(39)52-42)34-15-19-38-36(26-34)17-21-40-47(38)53-43(51-40)28-56(41-24-30(41)4)44(57)23-29(3)6-2/h7-11,14-21,25-26,29-30,32,41,45H,5-6,12-13,22-24,27-28H2,1-4H3,(H,50,52)(H,51,53)(H,54,58)/t29-,30?,41?,45+/m0/s1. The van der Waals surface area contributed by atoms with E-state index in [0.29, 0.717) is 49.8 Å². The van der Waals surface area contributed by atoms with E-state index >= 15 is 0 Å². The SMILES string of the molecule is CCCN(Cc1nc2ccc3cc(-c4ccc5c(ccc6nc(CN(C(=O)C[C@@H](C)CC)C7CC7C)[nH]c65)c4)ccc3c2[nH]1)C(=O)[C@H](NC(=O)C1CC1)c1ccccc1. The molecule has 2 aliphatic rings. The van der Waals surface area contributed by atoms with Gasteiger partial charge >= 0.3 is 0 Å². The van der Waals surface area contributed by atoms with E-state index < -0.39 is 6.04 Å². The van der Waals surface area contributed by atoms with Crippen molar-refractivity contribution in [1.29, 1.82) is 0 Å². The first kappa shape index (κ1) is 38.5. The van der Waals surface area contributed by atoms with Gasteiger partial charge in [0.05, 0.1) is 35.2 Å². The van der Waals surface area contributed by atoms with Crippen LogP contribution in [0.25, 0.3) is 54.7 Å². The third-order valence-corrected chi connectivity index (χ3v) is 12.5. The van der Waals surface area contributed by atoms with Crippen LogP contribution in [0.3, 0.4) is 0 Å². The molecule has 0 bridgehead atoms. The summed E-state index contributed by atoms with van der Waals surface area (Å²) in [6.45, 7) is 9.91. The molecule has 59 heavy (non-hydrogen) atoms. The van der Waals surface area contributed by atoms with Gasteiger partial charge in [0, 0.05) is 35.7 Å². The zero-order chi connectivity index (χ0) is 40.8. The summed E-state index contributed by atoms with van der Waals surface area (Å²) in [5.74, 6) is 2.46. The Bertz CT molecular complexity index is 2700. The number of aromatic amines is 2. The molecule has 2 heterocycles. The largest absolute Gasteiger partial charge is 0.340 e. The van der Waals surface area contributed by atoms with Gasteiger partial charge in [0.15, 0.2) is 0 Å². The average Bonchev–Trinajstić information content (AvgIpc) is 4.15. The number of carbonyl (C=O) groups excluding carboxylic acids is 3. The molecule has 3 N–H and O–H groups in total. The molecule has 10 nitrogen and oxygen atoms in total. The van der Waals surface area contributed by atoms with Crippen molar-refractivity contribution >= 4 is 61.3 Å². The van der Waals surface area contributed by atoms with Crippen molar-refractivity contribution in [1.82, 2.24) is 35.1 Å². The lowest BCUT2D eigenvalue weighted by atomic mass is 9.98. The summed E-state index contributed by atoms with van der Waals surface area (Å²) in [6.07, 6.45) is 5.15. The topological polar surface area (TPSA) is 127 Å². The van der Waals surface area contributed by atoms with Crippen LogP contribution in [0, 0.1) is 17.8 Å². The van der Waals surface area contributed by atoms with E-state index in [-0.39, 0.29) is 23.6 Å². The summed E-state index contributed by atoms with van der Waals surface area (Å²) in [4.78, 5) is 61.2. The molecule has 4 atom stereocenters. The lowest BCUT2D eigenvalue weighted by Crippen LogP contribution is -2.43. The molecule has 9 rings (SSSR count). The molecule has 10 heteroatoms. The van der Waals surface area contributed by atoms with Crippen LogP contribution in [-0.2, 0) is 27.5 Å². The van der Waals surface area contributed by atoms with Crippen LogP contribution in [0.15, 0.2) is 91.0 Å². The maximum absolute atomic E-state index is 14.1. The number of benzene rings is 5. The fourth-order valence-electron chi connectivity index (χ4n) is 8.52. The molecule has 2 aliphatic carbocycles. The number of carbonyl (C=O) groups is 3. The van der Waals surface area contributed by atoms with Gasteiger partial charge in [-0.3, -0.25) is 14.4 Å². The number of nitrogens with zero attached hydrogens (tertiary/aromatic N) is 4. The lowest BCUT2D eigenvalue weighted by Gasteiger charge is -2.27. The summed E-state index contributed by atoms with van der Waals surface area (Å²) in [7, 11) is 0. The highest BCUT2D eigenvalue weighted by Gasteiger charge is 2.41. The van der Waals surface area contributed by atoms with E-state index in [2.05, 4.69) is 102 Å². The molecule has 0 saturated heterocycles. The van der Waals surface area contributed by atoms with Gasteiger partial charge in [-0.1, -0.05) is 101 Å². The van der Waals surface area contributed by atoms with Crippen LogP contribution in [0.1, 0.15) is 89.5 Å². The number of fused-ring (bicyclic) bond motifs is 6. The van der Waals surface area contributed by atoms with Gasteiger partial charge < -0.3 is 25.1 Å². The molecule has 302 valence electrons. The molecule has 2 saturated carbocycles. The van der Waals surface area contributed by atoms with Crippen LogP contribution in [0.4, 0.5) is 0 Å². The van der Waals surface area contributed by atoms with E-state index in [4.69, 9.17) is 9.97 Å². The summed E-state index contributed by atoms with van der Waals surface area (Å²) >= 11 is 0. The smallest absolute Gasteiger partial charge is 0.250 e. The second-order valence-electron chi connectivity index (χ2n) is 17.1. The molecule has 0 spiro atoms. The highest BCUT2D eigenvalue weighted by Crippen LogP contribution is 2.38. The van der Waals surface area contributed by atoms with Crippen molar-refractivity contribution in [3.63, 3.8) is 0 Å². The molecule has 2 unspecified atom stereocenters. The Balaban J connectivity index is 0.954. The van der Waals surface area contributed by atoms with Crippen molar-refractivity contribution in [3.05, 3.63) is 108 Å². The van der Waals surface area contributed by atoms with Crippen LogP contribution in [0.2, 0.25) is 0 Å². The molecule has 7 aromatic rings. The first-order valence-corrected chi connectivity index (χ1v) is 21.4. The molecular formula is C49H53N7O3. The predicted octanol–water partition coefficient (Wildman–Crippen LogP) is 9.59. The van der Waals surface area contributed by atoms with Gasteiger partial charge in [0.1, 0.15) is 17.7 Å². The summed E-state index contributed by atoms with van der Waals surface area (Å²) < 4.78 is 0. The molecule has 0 aliphatic heterocycles. The molecule has 2 aromatic heterocycles. The Labute approximate surface area is 344 Å². The minimum atomic E-state index is -0.749. The van der Waals surface area contributed by atoms with Gasteiger partial charge in [-0.2, -0.15) is 0 Å². The van der Waals surface area contributed by atoms with Crippen LogP contribution in [0.5, 0.6) is 0 Å². The average molecular weight is 788 g/mol. The number of imidazole rings is 2. The van der Waals surface area contributed by atoms with E-state index in [1.807, 2.05) is 36.4 Å². The van der Waals surface area contributed by atoms with Crippen molar-refractivity contribution in [2.45, 2.75) is 91.4 Å². The Morgan fingerprint density at radius 3 is 1.93 bits per heavy atom. The molecule has 2 fully saturated rings. The zero-order valence-corrected chi connectivity index (χ0v) is 34.4. The summed E-state index contributed by atoms with van der Waals surface area (Å²) in [6, 6.07) is 30.5. The summed E-state index contributed by atoms with van der Waals surface area (Å²) in [5, 5.41) is 7.42. The molecule has 0 radical (unpaired) electrons. The van der Waals surface area contributed by atoms with E-state index in [0.717, 1.165) is 98.2 Å². The minimum Gasteiger partial charge on any atom is -0.340 e. The second kappa shape index (κ2) is 16.0. The van der Waals surface area contributed by atoms with Crippen molar-refractivity contribution < 1.29 is 14.4 Å². The Morgan fingerprint density at radius 1 is 0.797 bits per heavy atom. The first-order chi connectivity index (χ1) is 28.7. The number of hydrogen-bond donors (Lipinski definition) is 3. The fraction of sp³-hybridized carbons (Fsp3) is 0.367. The minimum absolute atomic E-state index is 0.00282. The van der Waals surface area contributed by atoms with Gasteiger partial charge in [0.2, 0.25) is 17.7 Å². The number of nitrogens with one attached hydrogen (secondary N) is 3. The van der Waals surface area contributed by atoms with Gasteiger partial charge in [-0.15, -0.1) is 0 Å². The van der Waals surface area contributed by atoms with E-state index in [1.165, 1.54) is 0 Å². The van der Waals surface area contributed by atoms with Gasteiger partial charge in [0.25, 0.3) is 0 Å². The molecular weight excluding hydrogens is 735 g/mol. The number of rotatable bonds is 15. The molecule has 5 aromatic carbocycles. The highest BCUT2D eigenvalue weighted by atomic mass is 16.2. The van der Waals surface area contributed by atoms with Crippen LogP contribution >= 0.6 is 0 Å². The Hall–Kier alpha value is -6.03. The lowest BCUT2D eigenvalue weighted by molar-refractivity contribution is -0.137. The van der Waals surface area contributed by atoms with Gasteiger partial charge in [-0.05, 0) is 89.2 Å². The maximum Gasteiger partial charge on any atom is 0.250 e. The van der Waals surface area contributed by atoms with Crippen molar-refractivity contribution in [2.24, 2.45) is 17.8 Å². The quantitative estimate of drug-likeness (QED) is 0.0954. The number of amides is 3. The highest BCUT2D eigenvalue weighted by molar-refractivity contribution is 6.07. The van der Waals surface area contributed by atoms with Crippen LogP contribution in [-0.4, -0.2) is 60.0 Å². The van der Waals surface area contributed by atoms with E-state index in [1.54, 1.807) is 4.90 Å². The zero-order valence-electron chi connectivity index (χ0n) is 34.4. The Kier molecular flexibility index (Phi) is 10.4. The maximum atomic E-state index is 14.1. The molecule has 3 amide bonds. The summed E-state index contributed by atoms with van der Waals surface area (Å²) in [5.41, 5.74) is 6.68. The Morgan fingerprint density at radius 2 is 1.39 bits per heavy atom. The predicted molar refractivity (Wildman–Crippen MR) is 234 cm³/mol. The van der Waals surface area contributed by atoms with E-state index in [9.17, 15) is 14.4 Å². The van der Waals surface area contributed by atoms with Crippen LogP contribution < -0.4 is 5.32 Å². The number of aromatic nitrogens is 4. The fourth-order valence-corrected chi connectivity index (χ4v) is 8.52. The van der Waals surface area contributed by atoms with Gasteiger partial charge in [-0.25, -0.2) is 9.97 Å². The third-order valence-electron chi connectivity index (χ3n) is 12.5. The van der Waals surface area contributed by atoms with Crippen molar-refractivity contribution in [3.8, 4) is 11.1 Å². The first-order valence-electron chi connectivity index (χ1n) is 21.4. The number of hydrogen-bond acceptors (Lipinski definition) is 5. The third kappa shape index (κ3) is 7.92. The normalized spacial score (nSPS) is 17.4. The van der Waals surface area contributed by atoms with Crippen molar-refractivity contribution in [2.75, 3.05) is 6.54 Å². The second-order valence-corrected chi connectivity index (χ2v) is 17.1.